The summed E-state index contributed by atoms with van der Waals surface area (Å²) in [5.74, 6) is 0.489. The summed E-state index contributed by atoms with van der Waals surface area (Å²) in [5, 5.41) is 0. The standard InChI is InChI=1S/C15H26N2O2S/c1-6-10(2)9-13(5)17-20(18,19)15-12(4)8-7-11(3)14(15)16/h7-8,10,13,17H,6,9,16H2,1-5H3. The van der Waals surface area contributed by atoms with Crippen molar-refractivity contribution in [2.45, 2.75) is 58.4 Å². The zero-order valence-electron chi connectivity index (χ0n) is 13.0. The molecule has 0 saturated carbocycles. The van der Waals surface area contributed by atoms with E-state index in [4.69, 9.17) is 5.73 Å². The van der Waals surface area contributed by atoms with E-state index in [1.165, 1.54) is 0 Å². The predicted molar refractivity (Wildman–Crippen MR) is 84.2 cm³/mol. The molecule has 0 aromatic heterocycles. The highest BCUT2D eigenvalue weighted by atomic mass is 32.2. The first-order chi connectivity index (χ1) is 9.19. The molecule has 0 fully saturated rings. The Balaban J connectivity index is 3.04. The van der Waals surface area contributed by atoms with E-state index in [-0.39, 0.29) is 10.9 Å². The van der Waals surface area contributed by atoms with E-state index in [2.05, 4.69) is 18.6 Å². The molecule has 0 aliphatic heterocycles. The monoisotopic (exact) mass is 298 g/mol. The molecule has 2 unspecified atom stereocenters. The number of hydrogen-bond donors (Lipinski definition) is 2. The second-order valence-corrected chi connectivity index (χ2v) is 7.36. The van der Waals surface area contributed by atoms with E-state index in [9.17, 15) is 8.42 Å². The van der Waals surface area contributed by atoms with Crippen LogP contribution in [0.15, 0.2) is 17.0 Å². The van der Waals surface area contributed by atoms with Gasteiger partial charge in [0.1, 0.15) is 4.90 Å². The van der Waals surface area contributed by atoms with Crippen LogP contribution in [-0.4, -0.2) is 14.5 Å². The summed E-state index contributed by atoms with van der Waals surface area (Å²) in [6.45, 7) is 9.71. The van der Waals surface area contributed by atoms with Gasteiger partial charge in [0, 0.05) is 6.04 Å². The van der Waals surface area contributed by atoms with Crippen molar-refractivity contribution in [1.82, 2.24) is 4.72 Å². The highest BCUT2D eigenvalue weighted by Gasteiger charge is 2.23. The van der Waals surface area contributed by atoms with Crippen molar-refractivity contribution >= 4 is 15.7 Å². The van der Waals surface area contributed by atoms with Gasteiger partial charge in [0.25, 0.3) is 0 Å². The fraction of sp³-hybridized carbons (Fsp3) is 0.600. The Kier molecular flexibility index (Phi) is 5.59. The van der Waals surface area contributed by atoms with Crippen LogP contribution in [-0.2, 0) is 10.0 Å². The third-order valence-corrected chi connectivity index (χ3v) is 5.48. The maximum absolute atomic E-state index is 12.5. The minimum absolute atomic E-state index is 0.103. The van der Waals surface area contributed by atoms with Gasteiger partial charge in [0.15, 0.2) is 0 Å². The molecule has 5 heteroatoms. The van der Waals surface area contributed by atoms with Gasteiger partial charge in [-0.25, -0.2) is 13.1 Å². The lowest BCUT2D eigenvalue weighted by Gasteiger charge is -2.19. The predicted octanol–water partition coefficient (Wildman–Crippen LogP) is 2.99. The molecule has 0 saturated heterocycles. The molecule has 1 aromatic rings. The van der Waals surface area contributed by atoms with Crippen molar-refractivity contribution in [2.75, 3.05) is 5.73 Å². The Labute approximate surface area is 122 Å². The van der Waals surface area contributed by atoms with Crippen molar-refractivity contribution in [2.24, 2.45) is 5.92 Å². The van der Waals surface area contributed by atoms with Crippen molar-refractivity contribution in [3.05, 3.63) is 23.3 Å². The largest absolute Gasteiger partial charge is 0.397 e. The molecule has 20 heavy (non-hydrogen) atoms. The average molecular weight is 298 g/mol. The van der Waals surface area contributed by atoms with Gasteiger partial charge < -0.3 is 5.73 Å². The second-order valence-electron chi connectivity index (χ2n) is 5.71. The Hall–Kier alpha value is -1.07. The highest BCUT2D eigenvalue weighted by Crippen LogP contribution is 2.26. The van der Waals surface area contributed by atoms with E-state index in [0.29, 0.717) is 17.2 Å². The summed E-state index contributed by atoms with van der Waals surface area (Å²) in [6.07, 6.45) is 1.86. The van der Waals surface area contributed by atoms with E-state index in [0.717, 1.165) is 18.4 Å². The number of nitrogens with two attached hydrogens (primary N) is 1. The van der Waals surface area contributed by atoms with Crippen LogP contribution < -0.4 is 10.5 Å². The minimum atomic E-state index is -3.57. The fourth-order valence-electron chi connectivity index (χ4n) is 2.31. The molecule has 0 radical (unpaired) electrons. The molecule has 0 aliphatic rings. The number of benzene rings is 1. The number of nitrogen functional groups attached to an aromatic ring is 1. The molecule has 3 N–H and O–H groups in total. The van der Waals surface area contributed by atoms with Crippen molar-refractivity contribution in [3.63, 3.8) is 0 Å². The fourth-order valence-corrected chi connectivity index (χ4v) is 3.99. The SMILES string of the molecule is CCC(C)CC(C)NS(=O)(=O)c1c(C)ccc(C)c1N. The molecule has 0 spiro atoms. The van der Waals surface area contributed by atoms with Crippen LogP contribution in [0, 0.1) is 19.8 Å². The highest BCUT2D eigenvalue weighted by molar-refractivity contribution is 7.89. The maximum Gasteiger partial charge on any atom is 0.243 e. The first-order valence-electron chi connectivity index (χ1n) is 7.07. The van der Waals surface area contributed by atoms with Gasteiger partial charge in [-0.1, -0.05) is 32.4 Å². The Bertz CT molecular complexity index is 567. The first-order valence-corrected chi connectivity index (χ1v) is 8.55. The molecule has 114 valence electrons. The summed E-state index contributed by atoms with van der Waals surface area (Å²) in [4.78, 5) is 0.216. The molecule has 0 heterocycles. The Morgan fingerprint density at radius 3 is 2.30 bits per heavy atom. The van der Waals surface area contributed by atoms with Gasteiger partial charge in [-0.2, -0.15) is 0 Å². The van der Waals surface area contributed by atoms with Crippen LogP contribution in [0.2, 0.25) is 0 Å². The third kappa shape index (κ3) is 3.96. The van der Waals surface area contributed by atoms with Crippen LogP contribution in [0.25, 0.3) is 0 Å². The second kappa shape index (κ2) is 6.59. The van der Waals surface area contributed by atoms with Gasteiger partial charge in [0.05, 0.1) is 5.69 Å². The van der Waals surface area contributed by atoms with E-state index < -0.39 is 10.0 Å². The van der Waals surface area contributed by atoms with Crippen molar-refractivity contribution in [1.29, 1.82) is 0 Å². The zero-order chi connectivity index (χ0) is 15.5. The van der Waals surface area contributed by atoms with E-state index in [1.54, 1.807) is 13.0 Å². The van der Waals surface area contributed by atoms with Gasteiger partial charge in [0.2, 0.25) is 10.0 Å². The summed E-state index contributed by atoms with van der Waals surface area (Å²) >= 11 is 0. The lowest BCUT2D eigenvalue weighted by atomic mass is 10.0. The molecule has 0 aliphatic carbocycles. The van der Waals surface area contributed by atoms with E-state index >= 15 is 0 Å². The smallest absolute Gasteiger partial charge is 0.243 e. The van der Waals surface area contributed by atoms with Crippen LogP contribution in [0.4, 0.5) is 5.69 Å². The number of anilines is 1. The molecule has 4 nitrogen and oxygen atoms in total. The lowest BCUT2D eigenvalue weighted by molar-refractivity contribution is 0.445. The number of aryl methyl sites for hydroxylation is 2. The van der Waals surface area contributed by atoms with Gasteiger partial charge in [-0.05, 0) is 44.2 Å². The summed E-state index contributed by atoms with van der Waals surface area (Å²) in [6, 6.07) is 3.53. The quantitative estimate of drug-likeness (QED) is 0.793. The lowest BCUT2D eigenvalue weighted by Crippen LogP contribution is -2.34. The number of rotatable bonds is 6. The van der Waals surface area contributed by atoms with Crippen LogP contribution in [0.5, 0.6) is 0 Å². The van der Waals surface area contributed by atoms with Gasteiger partial charge in [-0.15, -0.1) is 0 Å². The topological polar surface area (TPSA) is 72.2 Å². The van der Waals surface area contributed by atoms with Crippen LogP contribution in [0.3, 0.4) is 0 Å². The number of hydrogen-bond acceptors (Lipinski definition) is 3. The Morgan fingerprint density at radius 1 is 1.20 bits per heavy atom. The average Bonchev–Trinajstić information content (AvgIpc) is 2.32. The molecule has 0 bridgehead atoms. The van der Waals surface area contributed by atoms with E-state index in [1.807, 2.05) is 19.9 Å². The number of nitrogens with one attached hydrogen (secondary N) is 1. The molecule has 1 aromatic carbocycles. The molecule has 1 rings (SSSR count). The molecule has 0 amide bonds. The summed E-state index contributed by atoms with van der Waals surface area (Å²) < 4.78 is 27.8. The van der Waals surface area contributed by atoms with Gasteiger partial charge in [-0.3, -0.25) is 0 Å². The molecular weight excluding hydrogens is 272 g/mol. The molecule has 2 atom stereocenters. The minimum Gasteiger partial charge on any atom is -0.397 e. The number of sulfonamides is 1. The third-order valence-electron chi connectivity index (χ3n) is 3.69. The van der Waals surface area contributed by atoms with Gasteiger partial charge >= 0.3 is 0 Å². The zero-order valence-corrected chi connectivity index (χ0v) is 13.8. The van der Waals surface area contributed by atoms with Crippen molar-refractivity contribution in [3.8, 4) is 0 Å². The van der Waals surface area contributed by atoms with Crippen LogP contribution >= 0.6 is 0 Å². The normalized spacial score (nSPS) is 15.1. The maximum atomic E-state index is 12.5. The Morgan fingerprint density at radius 2 is 1.75 bits per heavy atom. The summed E-state index contributed by atoms with van der Waals surface area (Å²) in [5.41, 5.74) is 7.75. The summed E-state index contributed by atoms with van der Waals surface area (Å²) in [7, 11) is -3.57. The van der Waals surface area contributed by atoms with Crippen LogP contribution in [0.1, 0.15) is 44.7 Å². The molecular formula is C15H26N2O2S. The van der Waals surface area contributed by atoms with Crippen molar-refractivity contribution < 1.29 is 8.42 Å². The first kappa shape index (κ1) is 17.0.